The van der Waals surface area contributed by atoms with Gasteiger partial charge in [-0.2, -0.15) is 4.31 Å². The van der Waals surface area contributed by atoms with Crippen molar-refractivity contribution in [2.75, 3.05) is 0 Å². The van der Waals surface area contributed by atoms with Crippen LogP contribution in [0.3, 0.4) is 0 Å². The van der Waals surface area contributed by atoms with Gasteiger partial charge in [-0.15, -0.1) is 0 Å². The molecule has 1 saturated carbocycles. The largest absolute Gasteiger partial charge is 0.243 e. The Bertz CT molecular complexity index is 727. The Morgan fingerprint density at radius 1 is 1.05 bits per heavy atom. The van der Waals surface area contributed by atoms with E-state index >= 15 is 0 Å². The molecule has 5 heteroatoms. The van der Waals surface area contributed by atoms with E-state index in [0.29, 0.717) is 5.56 Å². The van der Waals surface area contributed by atoms with Crippen LogP contribution in [0.5, 0.6) is 0 Å². The normalized spacial score (nSPS) is 15.3. The number of hydrogen-bond acceptors (Lipinski definition) is 2. The van der Waals surface area contributed by atoms with Crippen LogP contribution in [0, 0.1) is 5.82 Å². The first-order valence-corrected chi connectivity index (χ1v) is 8.33. The Kier molecular flexibility index (Phi) is 3.78. The Balaban J connectivity index is 1.92. The van der Waals surface area contributed by atoms with E-state index in [9.17, 15) is 12.8 Å². The van der Waals surface area contributed by atoms with Gasteiger partial charge in [-0.25, -0.2) is 12.8 Å². The molecule has 2 aromatic rings. The van der Waals surface area contributed by atoms with Gasteiger partial charge in [0.2, 0.25) is 10.0 Å². The quantitative estimate of drug-likeness (QED) is 0.851. The predicted octanol–water partition coefficient (Wildman–Crippen LogP) is 3.18. The number of hydrogen-bond donors (Lipinski definition) is 0. The van der Waals surface area contributed by atoms with Crippen molar-refractivity contribution in [3.8, 4) is 0 Å². The summed E-state index contributed by atoms with van der Waals surface area (Å²) in [5, 5.41) is 0. The second-order valence-corrected chi connectivity index (χ2v) is 7.11. The number of benzene rings is 2. The summed E-state index contributed by atoms with van der Waals surface area (Å²) in [6.45, 7) is 0.208. The summed E-state index contributed by atoms with van der Waals surface area (Å²) in [7, 11) is -3.54. The number of sulfonamides is 1. The summed E-state index contributed by atoms with van der Waals surface area (Å²) in [5.74, 6) is -0.347. The molecule has 0 heterocycles. The molecular weight excluding hydrogens is 289 g/mol. The maximum absolute atomic E-state index is 13.3. The highest BCUT2D eigenvalue weighted by molar-refractivity contribution is 7.89. The fraction of sp³-hybridized carbons (Fsp3) is 0.250. The van der Waals surface area contributed by atoms with Gasteiger partial charge in [0.25, 0.3) is 0 Å². The lowest BCUT2D eigenvalue weighted by atomic mass is 10.2. The number of rotatable bonds is 5. The van der Waals surface area contributed by atoms with Crippen LogP contribution in [0.25, 0.3) is 0 Å². The third-order valence-corrected chi connectivity index (χ3v) is 5.44. The Morgan fingerprint density at radius 2 is 1.76 bits per heavy atom. The molecule has 0 unspecified atom stereocenters. The molecule has 0 radical (unpaired) electrons. The Hall–Kier alpha value is -1.72. The molecule has 0 aromatic heterocycles. The van der Waals surface area contributed by atoms with E-state index in [2.05, 4.69) is 0 Å². The second-order valence-electron chi connectivity index (χ2n) is 5.22. The topological polar surface area (TPSA) is 37.4 Å². The molecule has 0 amide bonds. The highest BCUT2D eigenvalue weighted by Crippen LogP contribution is 2.33. The van der Waals surface area contributed by atoms with Crippen molar-refractivity contribution >= 4 is 10.0 Å². The van der Waals surface area contributed by atoms with Crippen LogP contribution in [-0.2, 0) is 16.6 Å². The van der Waals surface area contributed by atoms with Gasteiger partial charge in [0.05, 0.1) is 4.90 Å². The molecule has 0 atom stereocenters. The van der Waals surface area contributed by atoms with Crippen LogP contribution < -0.4 is 0 Å². The van der Waals surface area contributed by atoms with Crippen molar-refractivity contribution in [2.24, 2.45) is 0 Å². The van der Waals surface area contributed by atoms with Crippen LogP contribution in [0.2, 0.25) is 0 Å². The van der Waals surface area contributed by atoms with Crippen molar-refractivity contribution in [2.45, 2.75) is 30.3 Å². The average Bonchev–Trinajstić information content (AvgIpc) is 3.30. The molecule has 3 rings (SSSR count). The lowest BCUT2D eigenvalue weighted by Crippen LogP contribution is -2.32. The first-order valence-electron chi connectivity index (χ1n) is 6.89. The fourth-order valence-corrected chi connectivity index (χ4v) is 4.01. The SMILES string of the molecule is O=S(=O)(c1ccccc1)N(Cc1cccc(F)c1)C1CC1. The predicted molar refractivity (Wildman–Crippen MR) is 78.6 cm³/mol. The summed E-state index contributed by atoms with van der Waals surface area (Å²) in [5.41, 5.74) is 0.668. The first-order chi connectivity index (χ1) is 10.1. The number of nitrogens with zero attached hydrogens (tertiary/aromatic N) is 1. The molecule has 1 aliphatic rings. The minimum atomic E-state index is -3.54. The maximum atomic E-state index is 13.3. The van der Waals surface area contributed by atoms with Crippen LogP contribution in [-0.4, -0.2) is 18.8 Å². The van der Waals surface area contributed by atoms with E-state index < -0.39 is 10.0 Å². The molecule has 1 aliphatic carbocycles. The van der Waals surface area contributed by atoms with Gasteiger partial charge in [0.1, 0.15) is 5.82 Å². The smallest absolute Gasteiger partial charge is 0.207 e. The Labute approximate surface area is 124 Å². The molecule has 0 spiro atoms. The summed E-state index contributed by atoms with van der Waals surface area (Å²) in [4.78, 5) is 0.285. The van der Waals surface area contributed by atoms with E-state index in [-0.39, 0.29) is 23.3 Å². The maximum Gasteiger partial charge on any atom is 0.243 e. The Morgan fingerprint density at radius 3 is 2.38 bits per heavy atom. The van der Waals surface area contributed by atoms with Crippen molar-refractivity contribution in [3.05, 3.63) is 66.0 Å². The van der Waals surface area contributed by atoms with E-state index in [1.165, 1.54) is 16.4 Å². The van der Waals surface area contributed by atoms with Crippen molar-refractivity contribution in [1.82, 2.24) is 4.31 Å². The van der Waals surface area contributed by atoms with E-state index in [0.717, 1.165) is 12.8 Å². The zero-order chi connectivity index (χ0) is 14.9. The van der Waals surface area contributed by atoms with Gasteiger partial charge in [-0.05, 0) is 42.7 Å². The average molecular weight is 305 g/mol. The highest BCUT2D eigenvalue weighted by atomic mass is 32.2. The second kappa shape index (κ2) is 5.58. The van der Waals surface area contributed by atoms with Gasteiger partial charge in [-0.1, -0.05) is 30.3 Å². The van der Waals surface area contributed by atoms with Crippen LogP contribution in [0.4, 0.5) is 4.39 Å². The van der Waals surface area contributed by atoms with Gasteiger partial charge in [0.15, 0.2) is 0 Å². The monoisotopic (exact) mass is 305 g/mol. The van der Waals surface area contributed by atoms with Crippen LogP contribution in [0.15, 0.2) is 59.5 Å². The molecule has 0 saturated heterocycles. The lowest BCUT2D eigenvalue weighted by molar-refractivity contribution is 0.398. The molecule has 2 aromatic carbocycles. The van der Waals surface area contributed by atoms with Crippen molar-refractivity contribution in [3.63, 3.8) is 0 Å². The number of halogens is 1. The molecule has 0 bridgehead atoms. The molecule has 0 aliphatic heterocycles. The zero-order valence-corrected chi connectivity index (χ0v) is 12.3. The minimum Gasteiger partial charge on any atom is -0.207 e. The summed E-state index contributed by atoms with van der Waals surface area (Å²) >= 11 is 0. The van der Waals surface area contributed by atoms with Gasteiger partial charge in [-0.3, -0.25) is 0 Å². The van der Waals surface area contributed by atoms with Crippen LogP contribution in [0.1, 0.15) is 18.4 Å². The first kappa shape index (κ1) is 14.2. The standard InChI is InChI=1S/C16H16FNO2S/c17-14-6-4-5-13(11-14)12-18(15-9-10-15)21(19,20)16-7-2-1-3-8-16/h1-8,11,15H,9-10,12H2. The minimum absolute atomic E-state index is 0.0264. The summed E-state index contributed by atoms with van der Waals surface area (Å²) in [6, 6.07) is 14.5. The van der Waals surface area contributed by atoms with Crippen molar-refractivity contribution < 1.29 is 12.8 Å². The van der Waals surface area contributed by atoms with Crippen molar-refractivity contribution in [1.29, 1.82) is 0 Å². The summed E-state index contributed by atoms with van der Waals surface area (Å²) in [6.07, 6.45) is 1.72. The molecule has 21 heavy (non-hydrogen) atoms. The van der Waals surface area contributed by atoms with Gasteiger partial charge >= 0.3 is 0 Å². The van der Waals surface area contributed by atoms with Gasteiger partial charge < -0.3 is 0 Å². The highest BCUT2D eigenvalue weighted by Gasteiger charge is 2.37. The van der Waals surface area contributed by atoms with E-state index in [4.69, 9.17) is 0 Å². The van der Waals surface area contributed by atoms with E-state index in [1.807, 2.05) is 0 Å². The molecule has 1 fully saturated rings. The molecule has 3 nitrogen and oxygen atoms in total. The lowest BCUT2D eigenvalue weighted by Gasteiger charge is -2.22. The third kappa shape index (κ3) is 3.14. The van der Waals surface area contributed by atoms with Crippen LogP contribution >= 0.6 is 0 Å². The fourth-order valence-electron chi connectivity index (χ4n) is 2.32. The van der Waals surface area contributed by atoms with E-state index in [1.54, 1.807) is 42.5 Å². The molecule has 110 valence electrons. The zero-order valence-electron chi connectivity index (χ0n) is 11.4. The molecule has 0 N–H and O–H groups in total. The summed E-state index contributed by atoms with van der Waals surface area (Å²) < 4.78 is 40.2. The third-order valence-electron chi connectivity index (χ3n) is 3.53. The molecular formula is C16H16FNO2S. The van der Waals surface area contributed by atoms with Gasteiger partial charge in [0, 0.05) is 12.6 Å².